The van der Waals surface area contributed by atoms with Crippen molar-refractivity contribution in [2.24, 2.45) is 0 Å². The van der Waals surface area contributed by atoms with Crippen molar-refractivity contribution in [3.63, 3.8) is 0 Å². The Balaban J connectivity index is 0.000000138. The van der Waals surface area contributed by atoms with Crippen LogP contribution >= 0.6 is 56.2 Å². The molecular weight excluding hydrogens is 1440 g/mol. The Bertz CT molecular complexity index is 5180. The van der Waals surface area contributed by atoms with Gasteiger partial charge in [-0.25, -0.2) is 4.39 Å². The molecule has 0 spiro atoms. The first kappa shape index (κ1) is 72.6. The SMILES string of the molecule is Cc1cc(Br)cc(C)c1F.Cc1cc(C)c(-n2c3ccc(C)cc3c3cc(C)ccc32)c(C)c1.Cc1ccc2[nH]c3ccc(P=N)cc3c2c1.Cc1ccc2c(c1)c1cc(C)ccc1n2-c1c(C)cc(Br)cc1C.Cc1ccc2c(c1)c1cc(C)ccc1n2-c1c(C)cc(Br)cc1C.[H-].[Na+]. The molecule has 0 aliphatic rings. The molecule has 494 valence electrons. The largest absolute Gasteiger partial charge is 1.00 e. The number of benzene rings is 12. The van der Waals surface area contributed by atoms with Crippen molar-refractivity contribution in [3.8, 4) is 17.1 Å². The van der Waals surface area contributed by atoms with Crippen molar-refractivity contribution in [2.45, 2.75) is 111 Å². The molecule has 0 aliphatic carbocycles. The second-order valence-corrected chi connectivity index (χ2v) is 30.5. The van der Waals surface area contributed by atoms with Crippen LogP contribution in [0.1, 0.15) is 90.4 Å². The number of nitrogens with one attached hydrogen (secondary N) is 2. The van der Waals surface area contributed by atoms with Crippen molar-refractivity contribution in [1.82, 2.24) is 18.7 Å². The van der Waals surface area contributed by atoms with E-state index in [4.69, 9.17) is 5.16 Å². The van der Waals surface area contributed by atoms with Crippen molar-refractivity contribution in [3.05, 3.63) is 302 Å². The summed E-state index contributed by atoms with van der Waals surface area (Å²) in [6, 6.07) is 70.1. The van der Waals surface area contributed by atoms with E-state index in [-0.39, 0.29) is 36.8 Å². The van der Waals surface area contributed by atoms with E-state index in [1.54, 1.807) is 26.0 Å². The summed E-state index contributed by atoms with van der Waals surface area (Å²) in [6.07, 6.45) is 0. The summed E-state index contributed by atoms with van der Waals surface area (Å²) in [7, 11) is 0.573. The van der Waals surface area contributed by atoms with Crippen LogP contribution in [0.25, 0.3) is 104 Å². The van der Waals surface area contributed by atoms with E-state index < -0.39 is 0 Å². The molecule has 0 aliphatic heterocycles. The van der Waals surface area contributed by atoms with Gasteiger partial charge in [0.15, 0.2) is 0 Å². The summed E-state index contributed by atoms with van der Waals surface area (Å²) in [5, 5.41) is 18.9. The zero-order valence-corrected chi connectivity index (χ0v) is 67.4. The minimum atomic E-state index is -0.108. The zero-order valence-electron chi connectivity index (χ0n) is 60.8. The van der Waals surface area contributed by atoms with E-state index in [1.807, 2.05) is 6.07 Å². The normalized spacial score (nSPS) is 11.3. The standard InChI is InChI=1S/C23H23N.2C22H20BrN.C13H11N2P.C8H8BrF.Na.H/c1-14-6-8-21-19(12-14)20-13-15(2)7-9-22(20)24(21)23-17(4)10-16(3)11-18(23)5;2*1-13-5-7-20-18(9-13)19-10-14(2)6-8-21(19)24(20)22-15(3)11-17(23)12-16(22)4;1-8-2-4-12-10(6-8)11-7-9(16-14)3-5-13(11)15-12;1-5-3-7(9)4-6(2)8(5)10;;/h6-13H,1-5H3;2*5-12H,1-4H3;2-7,14-15H,1H3;3-4H,1-2H3;;/q;;;;;+1;-1. The number of H-pyrrole nitrogens is 1. The predicted molar refractivity (Wildman–Crippen MR) is 434 cm³/mol. The Labute approximate surface area is 632 Å². The number of hydrogen-bond donors (Lipinski definition) is 2. The minimum absolute atomic E-state index is 0. The van der Waals surface area contributed by atoms with E-state index >= 15 is 0 Å². The second-order valence-electron chi connectivity index (χ2n) is 27.0. The van der Waals surface area contributed by atoms with E-state index in [1.165, 1.54) is 177 Å². The quantitative estimate of drug-likeness (QED) is 0.130. The van der Waals surface area contributed by atoms with Crippen LogP contribution in [0, 0.1) is 122 Å². The second kappa shape index (κ2) is 29.9. The van der Waals surface area contributed by atoms with Crippen molar-refractivity contribution in [2.75, 3.05) is 0 Å². The summed E-state index contributed by atoms with van der Waals surface area (Å²) in [5.41, 5.74) is 33.4. The molecule has 0 fully saturated rings. The van der Waals surface area contributed by atoms with Gasteiger partial charge in [-0.1, -0.05) is 147 Å². The van der Waals surface area contributed by atoms with Gasteiger partial charge in [-0.15, -0.1) is 0 Å². The van der Waals surface area contributed by atoms with Gasteiger partial charge in [0.25, 0.3) is 0 Å². The molecule has 2 N–H and O–H groups in total. The molecule has 0 amide bonds. The molecular formula is C88H83Br3FN5NaP. The first-order valence-electron chi connectivity index (χ1n) is 33.2. The molecule has 99 heavy (non-hydrogen) atoms. The Morgan fingerprint density at radius 2 is 0.525 bits per heavy atom. The van der Waals surface area contributed by atoms with Gasteiger partial charge in [-0.2, -0.15) is 0 Å². The van der Waals surface area contributed by atoms with E-state index in [9.17, 15) is 4.39 Å². The van der Waals surface area contributed by atoms with Gasteiger partial charge in [0.2, 0.25) is 0 Å². The topological polar surface area (TPSA) is 54.4 Å². The van der Waals surface area contributed by atoms with Gasteiger partial charge in [0.05, 0.1) is 50.2 Å². The van der Waals surface area contributed by atoms with E-state index in [0.717, 1.165) is 24.2 Å². The maximum atomic E-state index is 12.9. The van der Waals surface area contributed by atoms with E-state index in [0.29, 0.717) is 19.5 Å². The third-order valence-electron chi connectivity index (χ3n) is 18.7. The van der Waals surface area contributed by atoms with Gasteiger partial charge < -0.3 is 20.1 Å². The van der Waals surface area contributed by atoms with Crippen molar-refractivity contribution < 1.29 is 35.4 Å². The van der Waals surface area contributed by atoms with Crippen LogP contribution in [-0.4, -0.2) is 18.7 Å². The maximum Gasteiger partial charge on any atom is 1.00 e. The first-order valence-corrected chi connectivity index (χ1v) is 36.5. The smallest absolute Gasteiger partial charge is 1.00 e. The van der Waals surface area contributed by atoms with Crippen molar-refractivity contribution >= 4 is 149 Å². The van der Waals surface area contributed by atoms with Crippen molar-refractivity contribution in [1.29, 1.82) is 5.16 Å². The fourth-order valence-electron chi connectivity index (χ4n) is 14.5. The van der Waals surface area contributed by atoms with Crippen LogP contribution in [0.4, 0.5) is 4.39 Å². The Morgan fingerprint density at radius 3 is 0.808 bits per heavy atom. The minimum Gasteiger partial charge on any atom is -1.00 e. The molecule has 0 saturated heterocycles. The monoisotopic (exact) mass is 1520 g/mol. The number of hydrogen-bond acceptors (Lipinski definition) is 1. The van der Waals surface area contributed by atoms with Gasteiger partial charge in [0, 0.05) is 81.2 Å². The molecule has 0 radical (unpaired) electrons. The summed E-state index contributed by atoms with van der Waals surface area (Å²) >= 11 is 10.5. The average Bonchev–Trinajstić information content (AvgIpc) is 1.56. The molecule has 4 aromatic heterocycles. The van der Waals surface area contributed by atoms with Gasteiger partial charge >= 0.3 is 29.6 Å². The van der Waals surface area contributed by atoms with Gasteiger partial charge in [-0.3, -0.25) is 5.16 Å². The third kappa shape index (κ3) is 14.8. The number of aromatic amines is 1. The molecule has 5 nitrogen and oxygen atoms in total. The molecule has 11 heteroatoms. The number of fused-ring (bicyclic) bond motifs is 12. The van der Waals surface area contributed by atoms with Crippen LogP contribution in [0.15, 0.2) is 208 Å². The van der Waals surface area contributed by atoms with E-state index in [2.05, 4.69) is 339 Å². The number of nitrogens with zero attached hydrogens (tertiary/aromatic N) is 3. The first-order chi connectivity index (χ1) is 46.7. The fourth-order valence-corrected chi connectivity index (χ4v) is 16.9. The maximum absolute atomic E-state index is 12.9. The Kier molecular flexibility index (Phi) is 21.9. The Hall–Kier alpha value is -7.69. The number of aromatic nitrogens is 4. The number of rotatable bonds is 4. The average molecular weight is 1520 g/mol. The third-order valence-corrected chi connectivity index (χ3v) is 20.6. The molecule has 0 atom stereocenters. The zero-order chi connectivity index (χ0) is 69.9. The van der Waals surface area contributed by atoms with Crippen LogP contribution in [0.3, 0.4) is 0 Å². The Morgan fingerprint density at radius 1 is 0.293 bits per heavy atom. The molecule has 0 unspecified atom stereocenters. The molecule has 0 bridgehead atoms. The van der Waals surface area contributed by atoms with Crippen LogP contribution in [0.2, 0.25) is 0 Å². The fraction of sp³-hybridized carbons (Fsp3) is 0.182. The number of halogens is 4. The molecule has 16 rings (SSSR count). The number of aryl methyl sites for hydroxylation is 16. The summed E-state index contributed by atoms with van der Waals surface area (Å²) < 4.78 is 23.4. The predicted octanol–water partition coefficient (Wildman–Crippen LogP) is 24.2. The summed E-state index contributed by atoms with van der Waals surface area (Å²) in [5.74, 6) is -0.108. The molecule has 12 aromatic carbocycles. The van der Waals surface area contributed by atoms with Crippen LogP contribution < -0.4 is 34.9 Å². The molecule has 4 heterocycles. The molecule has 16 aromatic rings. The van der Waals surface area contributed by atoms with Gasteiger partial charge in [-0.05, 0) is 295 Å². The van der Waals surface area contributed by atoms with Crippen LogP contribution in [-0.2, 0) is 0 Å². The van der Waals surface area contributed by atoms with Crippen LogP contribution in [0.5, 0.6) is 0 Å². The van der Waals surface area contributed by atoms with Gasteiger partial charge in [0.1, 0.15) is 5.82 Å². The molecule has 0 saturated carbocycles. The summed E-state index contributed by atoms with van der Waals surface area (Å²) in [4.78, 5) is 3.39. The summed E-state index contributed by atoms with van der Waals surface area (Å²) in [6.45, 7) is 34.0.